The van der Waals surface area contributed by atoms with Crippen LogP contribution in [-0.2, 0) is 21.3 Å². The molecule has 106 valence electrons. The first-order valence-electron chi connectivity index (χ1n) is 6.05. The first-order chi connectivity index (χ1) is 8.95. The highest BCUT2D eigenvalue weighted by atomic mass is 35.5. The van der Waals surface area contributed by atoms with E-state index >= 15 is 0 Å². The molecule has 1 unspecified atom stereocenters. The van der Waals surface area contributed by atoms with Gasteiger partial charge in [0.15, 0.2) is 0 Å². The Morgan fingerprint density at radius 1 is 1.53 bits per heavy atom. The Labute approximate surface area is 118 Å². The number of rotatable bonds is 3. The molecule has 5 nitrogen and oxygen atoms in total. The van der Waals surface area contributed by atoms with Crippen LogP contribution in [0.25, 0.3) is 0 Å². The van der Waals surface area contributed by atoms with E-state index in [2.05, 4.69) is 0 Å². The predicted octanol–water partition coefficient (Wildman–Crippen LogP) is 1.21. The van der Waals surface area contributed by atoms with Crippen LogP contribution < -0.4 is 5.73 Å². The van der Waals surface area contributed by atoms with Crippen LogP contribution in [0.5, 0.6) is 0 Å². The molecule has 0 saturated carbocycles. The van der Waals surface area contributed by atoms with E-state index in [-0.39, 0.29) is 16.0 Å². The summed E-state index contributed by atoms with van der Waals surface area (Å²) in [5.41, 5.74) is 6.31. The van der Waals surface area contributed by atoms with Crippen LogP contribution in [0.3, 0.4) is 0 Å². The lowest BCUT2D eigenvalue weighted by atomic mass is 10.2. The van der Waals surface area contributed by atoms with E-state index in [1.807, 2.05) is 6.92 Å². The predicted molar refractivity (Wildman–Crippen MR) is 73.5 cm³/mol. The van der Waals surface area contributed by atoms with Gasteiger partial charge < -0.3 is 10.5 Å². The molecule has 7 heteroatoms. The molecule has 1 heterocycles. The van der Waals surface area contributed by atoms with Gasteiger partial charge in [-0.3, -0.25) is 0 Å². The molecule has 0 amide bonds. The molecule has 1 aromatic carbocycles. The number of ether oxygens (including phenoxy) is 1. The summed E-state index contributed by atoms with van der Waals surface area (Å²) in [5.74, 6) is 0. The molecular weight excluding hydrogens is 288 g/mol. The van der Waals surface area contributed by atoms with Crippen molar-refractivity contribution in [2.45, 2.75) is 24.5 Å². The first kappa shape index (κ1) is 14.7. The topological polar surface area (TPSA) is 72.6 Å². The van der Waals surface area contributed by atoms with Crippen molar-refractivity contribution < 1.29 is 13.2 Å². The minimum atomic E-state index is -3.57. The Kier molecular flexibility index (Phi) is 4.47. The zero-order valence-corrected chi connectivity index (χ0v) is 12.2. The maximum Gasteiger partial charge on any atom is 0.244 e. The van der Waals surface area contributed by atoms with Gasteiger partial charge in [0.1, 0.15) is 4.90 Å². The van der Waals surface area contributed by atoms with Crippen molar-refractivity contribution in [2.24, 2.45) is 5.73 Å². The summed E-state index contributed by atoms with van der Waals surface area (Å²) in [7, 11) is -3.57. The van der Waals surface area contributed by atoms with Crippen molar-refractivity contribution in [3.63, 3.8) is 0 Å². The standard InChI is InChI=1S/C12H17ClN2O3S/c1-9-8-15(4-5-18-9)19(16,17)12-3-2-10(7-14)6-11(12)13/h2-3,6,9H,4-5,7-8,14H2,1H3. The number of morpholine rings is 1. The number of benzene rings is 1. The third-order valence-corrected chi connectivity index (χ3v) is 5.40. The summed E-state index contributed by atoms with van der Waals surface area (Å²) in [6.07, 6.45) is -0.106. The van der Waals surface area contributed by atoms with Crippen molar-refractivity contribution in [3.05, 3.63) is 28.8 Å². The average molecular weight is 305 g/mol. The number of nitrogens with zero attached hydrogens (tertiary/aromatic N) is 1. The summed E-state index contributed by atoms with van der Waals surface area (Å²) < 4.78 is 31.8. The van der Waals surface area contributed by atoms with Gasteiger partial charge in [-0.1, -0.05) is 17.7 Å². The molecule has 1 saturated heterocycles. The maximum atomic E-state index is 12.5. The number of hydrogen-bond donors (Lipinski definition) is 1. The fourth-order valence-electron chi connectivity index (χ4n) is 2.02. The van der Waals surface area contributed by atoms with E-state index in [1.54, 1.807) is 12.1 Å². The lowest BCUT2D eigenvalue weighted by Crippen LogP contribution is -2.44. The molecule has 1 fully saturated rings. The van der Waals surface area contributed by atoms with Gasteiger partial charge in [-0.05, 0) is 24.6 Å². The fraction of sp³-hybridized carbons (Fsp3) is 0.500. The molecule has 1 aliphatic heterocycles. The smallest absolute Gasteiger partial charge is 0.244 e. The quantitative estimate of drug-likeness (QED) is 0.911. The fourth-order valence-corrected chi connectivity index (χ4v) is 4.06. The lowest BCUT2D eigenvalue weighted by molar-refractivity contribution is 0.0102. The minimum absolute atomic E-state index is 0.106. The van der Waals surface area contributed by atoms with Gasteiger partial charge in [-0.2, -0.15) is 4.31 Å². The van der Waals surface area contributed by atoms with Crippen molar-refractivity contribution >= 4 is 21.6 Å². The number of sulfonamides is 1. The second-order valence-electron chi connectivity index (χ2n) is 4.51. The van der Waals surface area contributed by atoms with Gasteiger partial charge >= 0.3 is 0 Å². The summed E-state index contributed by atoms with van der Waals surface area (Å²) >= 11 is 6.06. The van der Waals surface area contributed by atoms with Gasteiger partial charge in [-0.25, -0.2) is 8.42 Å². The molecule has 19 heavy (non-hydrogen) atoms. The van der Waals surface area contributed by atoms with Gasteiger partial charge in [-0.15, -0.1) is 0 Å². The normalized spacial score (nSPS) is 21.5. The highest BCUT2D eigenvalue weighted by molar-refractivity contribution is 7.89. The average Bonchev–Trinajstić information content (AvgIpc) is 2.38. The molecule has 2 N–H and O–H groups in total. The molecule has 0 radical (unpaired) electrons. The molecule has 2 rings (SSSR count). The van der Waals surface area contributed by atoms with Gasteiger partial charge in [0.25, 0.3) is 0 Å². The van der Waals surface area contributed by atoms with Crippen molar-refractivity contribution in [2.75, 3.05) is 19.7 Å². The Bertz CT molecular complexity index is 562. The summed E-state index contributed by atoms with van der Waals surface area (Å²) in [5, 5.41) is 0.210. The number of hydrogen-bond acceptors (Lipinski definition) is 4. The molecule has 0 aliphatic carbocycles. The lowest BCUT2D eigenvalue weighted by Gasteiger charge is -2.30. The van der Waals surface area contributed by atoms with Gasteiger partial charge in [0.05, 0.1) is 17.7 Å². The summed E-state index contributed by atoms with van der Waals surface area (Å²) in [6, 6.07) is 4.79. The highest BCUT2D eigenvalue weighted by Gasteiger charge is 2.30. The van der Waals surface area contributed by atoms with E-state index < -0.39 is 10.0 Å². The van der Waals surface area contributed by atoms with Crippen LogP contribution in [0, 0.1) is 0 Å². The van der Waals surface area contributed by atoms with E-state index in [4.69, 9.17) is 22.1 Å². The zero-order chi connectivity index (χ0) is 14.0. The van der Waals surface area contributed by atoms with Crippen LogP contribution >= 0.6 is 11.6 Å². The first-order valence-corrected chi connectivity index (χ1v) is 7.87. The van der Waals surface area contributed by atoms with Crippen LogP contribution in [0.4, 0.5) is 0 Å². The molecule has 0 spiro atoms. The second-order valence-corrected chi connectivity index (χ2v) is 6.83. The third kappa shape index (κ3) is 3.09. The van der Waals surface area contributed by atoms with Gasteiger partial charge in [0, 0.05) is 19.6 Å². The van der Waals surface area contributed by atoms with Crippen LogP contribution in [0.1, 0.15) is 12.5 Å². The minimum Gasteiger partial charge on any atom is -0.376 e. The van der Waals surface area contributed by atoms with Crippen molar-refractivity contribution in [1.29, 1.82) is 0 Å². The van der Waals surface area contributed by atoms with E-state index in [0.717, 1.165) is 5.56 Å². The summed E-state index contributed by atoms with van der Waals surface area (Å²) in [6.45, 7) is 3.27. The van der Waals surface area contributed by atoms with Crippen molar-refractivity contribution in [1.82, 2.24) is 4.31 Å². The highest BCUT2D eigenvalue weighted by Crippen LogP contribution is 2.26. The molecular formula is C12H17ClN2O3S. The third-order valence-electron chi connectivity index (χ3n) is 3.05. The zero-order valence-electron chi connectivity index (χ0n) is 10.7. The molecule has 0 bridgehead atoms. The van der Waals surface area contributed by atoms with E-state index in [1.165, 1.54) is 10.4 Å². The molecule has 1 aliphatic rings. The Morgan fingerprint density at radius 3 is 2.84 bits per heavy atom. The maximum absolute atomic E-state index is 12.5. The Morgan fingerprint density at radius 2 is 2.26 bits per heavy atom. The Balaban J connectivity index is 2.33. The molecule has 1 aromatic rings. The van der Waals surface area contributed by atoms with Crippen LogP contribution in [-0.4, -0.2) is 38.5 Å². The van der Waals surface area contributed by atoms with E-state index in [0.29, 0.717) is 26.2 Å². The van der Waals surface area contributed by atoms with Crippen LogP contribution in [0.2, 0.25) is 5.02 Å². The number of nitrogens with two attached hydrogens (primary N) is 1. The monoisotopic (exact) mass is 304 g/mol. The van der Waals surface area contributed by atoms with E-state index in [9.17, 15) is 8.42 Å². The molecule has 0 aromatic heterocycles. The van der Waals surface area contributed by atoms with Gasteiger partial charge in [0.2, 0.25) is 10.0 Å². The Hall–Kier alpha value is -0.660. The second kappa shape index (κ2) is 5.76. The largest absolute Gasteiger partial charge is 0.376 e. The van der Waals surface area contributed by atoms with Crippen molar-refractivity contribution in [3.8, 4) is 0 Å². The SMILES string of the molecule is CC1CN(S(=O)(=O)c2ccc(CN)cc2Cl)CCO1. The van der Waals surface area contributed by atoms with Crippen LogP contribution in [0.15, 0.2) is 23.1 Å². The summed E-state index contributed by atoms with van der Waals surface area (Å²) in [4.78, 5) is 0.125. The molecule has 1 atom stereocenters. The number of halogens is 1.